The summed E-state index contributed by atoms with van der Waals surface area (Å²) in [5.41, 5.74) is 1.16. The van der Waals surface area contributed by atoms with Crippen molar-refractivity contribution in [3.63, 3.8) is 0 Å². The molecular formula is C22H23N3O7S2. The van der Waals surface area contributed by atoms with Crippen molar-refractivity contribution in [2.45, 2.75) is 18.7 Å². The third-order valence-electron chi connectivity index (χ3n) is 5.04. The summed E-state index contributed by atoms with van der Waals surface area (Å²) < 4.78 is 37.0. The maximum absolute atomic E-state index is 13.0. The third kappa shape index (κ3) is 5.39. The average molecular weight is 506 g/mol. The molecule has 180 valence electrons. The van der Waals surface area contributed by atoms with E-state index in [2.05, 4.69) is 4.99 Å². The van der Waals surface area contributed by atoms with Gasteiger partial charge in [-0.2, -0.15) is 0 Å². The Balaban J connectivity index is 2.11. The molecule has 2 aromatic carbocycles. The molecule has 1 aliphatic heterocycles. The highest BCUT2D eigenvalue weighted by Gasteiger charge is 2.41. The molecule has 0 radical (unpaired) electrons. The summed E-state index contributed by atoms with van der Waals surface area (Å²) in [6, 6.07) is 11.6. The molecule has 2 aromatic rings. The van der Waals surface area contributed by atoms with Crippen LogP contribution in [0.4, 0.5) is 5.69 Å². The molecule has 0 amide bonds. The van der Waals surface area contributed by atoms with E-state index in [1.807, 2.05) is 12.1 Å². The summed E-state index contributed by atoms with van der Waals surface area (Å²) in [6.07, 6.45) is 0.996. The van der Waals surface area contributed by atoms with Crippen LogP contribution in [-0.4, -0.2) is 49.3 Å². The second-order valence-corrected chi connectivity index (χ2v) is 10.1. The van der Waals surface area contributed by atoms with Gasteiger partial charge >= 0.3 is 5.97 Å². The van der Waals surface area contributed by atoms with Crippen molar-refractivity contribution < 1.29 is 27.6 Å². The number of allylic oxidation sites excluding steroid dienone is 1. The van der Waals surface area contributed by atoms with Gasteiger partial charge in [0.05, 0.1) is 36.7 Å². The first-order valence-electron chi connectivity index (χ1n) is 9.94. The number of amidine groups is 1. The van der Waals surface area contributed by atoms with E-state index < -0.39 is 27.0 Å². The normalized spacial score (nSPS) is 16.2. The molecule has 12 heteroatoms. The molecule has 1 aliphatic rings. The van der Waals surface area contributed by atoms with Crippen LogP contribution in [-0.2, 0) is 25.3 Å². The topological polar surface area (TPSA) is 128 Å². The minimum atomic E-state index is -3.97. The second kappa shape index (κ2) is 10.3. The summed E-state index contributed by atoms with van der Waals surface area (Å²) >= 11 is 1.17. The maximum Gasteiger partial charge on any atom is 0.338 e. The number of hydrogen-bond donors (Lipinski definition) is 0. The first kappa shape index (κ1) is 25.2. The molecule has 34 heavy (non-hydrogen) atoms. The van der Waals surface area contributed by atoms with E-state index in [0.29, 0.717) is 11.5 Å². The minimum Gasteiger partial charge on any atom is -0.497 e. The van der Waals surface area contributed by atoms with Crippen LogP contribution in [0, 0.1) is 10.1 Å². The van der Waals surface area contributed by atoms with Crippen LogP contribution in [0.5, 0.6) is 5.75 Å². The van der Waals surface area contributed by atoms with E-state index >= 15 is 0 Å². The predicted octanol–water partition coefficient (Wildman–Crippen LogP) is 3.66. The molecule has 0 saturated heterocycles. The van der Waals surface area contributed by atoms with E-state index in [4.69, 9.17) is 9.47 Å². The fraction of sp³-hybridized carbons (Fsp3) is 0.273. The van der Waals surface area contributed by atoms with Gasteiger partial charge in [0.15, 0.2) is 5.17 Å². The van der Waals surface area contributed by atoms with Crippen molar-refractivity contribution in [3.8, 4) is 5.75 Å². The van der Waals surface area contributed by atoms with Crippen LogP contribution >= 0.6 is 11.8 Å². The van der Waals surface area contributed by atoms with Gasteiger partial charge in [-0.05, 0) is 30.2 Å². The van der Waals surface area contributed by atoms with Crippen molar-refractivity contribution in [2.24, 2.45) is 4.99 Å². The van der Waals surface area contributed by atoms with Crippen molar-refractivity contribution in [1.82, 2.24) is 4.31 Å². The number of esters is 1. The Hall–Kier alpha value is -3.38. The lowest BCUT2D eigenvalue weighted by Gasteiger charge is -2.36. The highest BCUT2D eigenvalue weighted by Crippen LogP contribution is 2.40. The fourth-order valence-corrected chi connectivity index (χ4v) is 5.88. The number of benzene rings is 2. The molecule has 0 fully saturated rings. The van der Waals surface area contributed by atoms with Crippen LogP contribution < -0.4 is 4.74 Å². The van der Waals surface area contributed by atoms with E-state index in [-0.39, 0.29) is 27.7 Å². The van der Waals surface area contributed by atoms with Gasteiger partial charge in [0.25, 0.3) is 5.69 Å². The number of carbonyl (C=O) groups is 1. The van der Waals surface area contributed by atoms with Crippen LogP contribution in [0.3, 0.4) is 0 Å². The number of non-ortho nitro benzene ring substituents is 1. The summed E-state index contributed by atoms with van der Waals surface area (Å²) in [5, 5.41) is 11.5. The highest BCUT2D eigenvalue weighted by atomic mass is 32.2. The molecule has 0 aromatic heterocycles. The lowest BCUT2D eigenvalue weighted by atomic mass is 9.96. The van der Waals surface area contributed by atoms with Gasteiger partial charge in [0, 0.05) is 17.9 Å². The van der Waals surface area contributed by atoms with Crippen LogP contribution in [0.1, 0.15) is 24.1 Å². The highest BCUT2D eigenvalue weighted by molar-refractivity contribution is 8.14. The average Bonchev–Trinajstić information content (AvgIpc) is 2.81. The summed E-state index contributed by atoms with van der Waals surface area (Å²) in [5.74, 6) is 0.302. The van der Waals surface area contributed by atoms with Crippen molar-refractivity contribution in [2.75, 3.05) is 20.5 Å². The number of nitro benzene ring substituents is 1. The number of thioether (sulfide) groups is 1. The molecule has 3 rings (SSSR count). The predicted molar refractivity (Wildman–Crippen MR) is 129 cm³/mol. The second-order valence-electron chi connectivity index (χ2n) is 7.34. The first-order chi connectivity index (χ1) is 16.1. The molecule has 0 spiro atoms. The quantitative estimate of drug-likeness (QED) is 0.317. The molecule has 0 aliphatic carbocycles. The molecule has 0 bridgehead atoms. The van der Waals surface area contributed by atoms with Gasteiger partial charge in [-0.1, -0.05) is 36.0 Å². The zero-order valence-corrected chi connectivity index (χ0v) is 20.6. The number of hydrogen-bond acceptors (Lipinski definition) is 9. The number of carbonyl (C=O) groups excluding carboxylic acids is 1. The lowest BCUT2D eigenvalue weighted by Crippen LogP contribution is -2.42. The SMILES string of the molecule is COC(=O)C1=C(C)N=C(SCc2ccc(OC)cc2)N(S(C)(=O)=O)C1c1cccc([N+](=O)[O-])c1. The Labute approximate surface area is 201 Å². The molecule has 0 N–H and O–H groups in total. The number of aliphatic imine (C=N–C) groups is 1. The van der Waals surface area contributed by atoms with Crippen molar-refractivity contribution in [1.29, 1.82) is 0 Å². The number of nitro groups is 1. The molecule has 1 atom stereocenters. The van der Waals surface area contributed by atoms with Crippen molar-refractivity contribution >= 4 is 38.6 Å². The largest absolute Gasteiger partial charge is 0.497 e. The number of sulfonamides is 1. The Morgan fingerprint density at radius 1 is 1.21 bits per heavy atom. The van der Waals surface area contributed by atoms with E-state index in [9.17, 15) is 23.3 Å². The minimum absolute atomic E-state index is 0.0118. The van der Waals surface area contributed by atoms with E-state index in [0.717, 1.165) is 16.1 Å². The molecule has 0 saturated carbocycles. The van der Waals surface area contributed by atoms with E-state index in [1.165, 1.54) is 43.1 Å². The van der Waals surface area contributed by atoms with Crippen LogP contribution in [0.2, 0.25) is 0 Å². The smallest absolute Gasteiger partial charge is 0.338 e. The summed E-state index contributed by atoms with van der Waals surface area (Å²) in [7, 11) is -1.23. The standard InChI is InChI=1S/C22H23N3O7S2/c1-14-19(21(26)32-3)20(16-6-5-7-17(12-16)25(27)28)24(34(4,29)30)22(23-14)33-13-15-8-10-18(31-2)11-9-15/h5-12,20H,13H2,1-4H3. The monoisotopic (exact) mass is 505 g/mol. The van der Waals surface area contributed by atoms with Crippen LogP contribution in [0.25, 0.3) is 0 Å². The summed E-state index contributed by atoms with van der Waals surface area (Å²) in [4.78, 5) is 27.9. The molecular weight excluding hydrogens is 482 g/mol. The molecule has 1 unspecified atom stereocenters. The zero-order chi connectivity index (χ0) is 25.0. The zero-order valence-electron chi connectivity index (χ0n) is 18.9. The van der Waals surface area contributed by atoms with Gasteiger partial charge in [0.1, 0.15) is 11.8 Å². The molecule has 10 nitrogen and oxygen atoms in total. The summed E-state index contributed by atoms with van der Waals surface area (Å²) in [6.45, 7) is 1.57. The Morgan fingerprint density at radius 2 is 1.88 bits per heavy atom. The number of nitrogens with zero attached hydrogens (tertiary/aromatic N) is 3. The van der Waals surface area contributed by atoms with Crippen LogP contribution in [0.15, 0.2) is 64.8 Å². The molecule has 1 heterocycles. The van der Waals surface area contributed by atoms with Gasteiger partial charge < -0.3 is 9.47 Å². The number of methoxy groups -OCH3 is 2. The Morgan fingerprint density at radius 3 is 2.44 bits per heavy atom. The van der Waals surface area contributed by atoms with Gasteiger partial charge in [-0.15, -0.1) is 0 Å². The van der Waals surface area contributed by atoms with Gasteiger partial charge in [-0.25, -0.2) is 22.5 Å². The Kier molecular flexibility index (Phi) is 7.62. The first-order valence-corrected chi connectivity index (χ1v) is 12.8. The van der Waals surface area contributed by atoms with Crippen molar-refractivity contribution in [3.05, 3.63) is 81.0 Å². The number of ether oxygens (including phenoxy) is 2. The fourth-order valence-electron chi connectivity index (χ4n) is 3.46. The maximum atomic E-state index is 13.0. The van der Waals surface area contributed by atoms with Gasteiger partial charge in [-0.3, -0.25) is 10.1 Å². The Bertz CT molecular complexity index is 1270. The third-order valence-corrected chi connectivity index (χ3v) is 7.27. The lowest BCUT2D eigenvalue weighted by molar-refractivity contribution is -0.384. The van der Waals surface area contributed by atoms with E-state index in [1.54, 1.807) is 26.2 Å². The number of rotatable bonds is 7. The van der Waals surface area contributed by atoms with Gasteiger partial charge in [0.2, 0.25) is 10.0 Å².